The van der Waals surface area contributed by atoms with Gasteiger partial charge in [0, 0.05) is 14.2 Å². The van der Waals surface area contributed by atoms with Crippen LogP contribution < -0.4 is 0 Å². The Balaban J connectivity index is 4.90. The number of ether oxygens (including phenoxy) is 2. The summed E-state index contributed by atoms with van der Waals surface area (Å²) in [5.41, 5.74) is -1.27. The van der Waals surface area contributed by atoms with Crippen molar-refractivity contribution in [3.05, 3.63) is 0 Å². The van der Waals surface area contributed by atoms with Gasteiger partial charge in [-0.1, -0.05) is 0 Å². The molecular weight excluding hydrogens is 160 g/mol. The Morgan fingerprint density at radius 1 is 1.00 bits per heavy atom. The van der Waals surface area contributed by atoms with Crippen molar-refractivity contribution < 1.29 is 19.1 Å². The molecule has 0 heterocycles. The van der Waals surface area contributed by atoms with Crippen molar-refractivity contribution in [2.24, 2.45) is 5.41 Å². The Bertz CT molecular complexity index is 164. The Morgan fingerprint density at radius 3 is 1.42 bits per heavy atom. The number of methoxy groups -OCH3 is 2. The monoisotopic (exact) mass is 174 g/mol. The summed E-state index contributed by atoms with van der Waals surface area (Å²) in [6.45, 7) is 3.00. The second-order valence-corrected chi connectivity index (χ2v) is 2.87. The van der Waals surface area contributed by atoms with Crippen molar-refractivity contribution in [2.45, 2.75) is 19.6 Å². The van der Waals surface area contributed by atoms with Gasteiger partial charge in [-0.25, -0.2) is 0 Å². The van der Waals surface area contributed by atoms with Crippen molar-refractivity contribution in [3.8, 4) is 0 Å². The molecule has 0 saturated heterocycles. The Morgan fingerprint density at radius 2 is 1.33 bits per heavy atom. The Kier molecular flexibility index (Phi) is 3.55. The highest BCUT2D eigenvalue weighted by atomic mass is 16.7. The molecule has 0 aromatic heterocycles. The van der Waals surface area contributed by atoms with Crippen LogP contribution in [0.4, 0.5) is 0 Å². The van der Waals surface area contributed by atoms with Crippen LogP contribution in [0.2, 0.25) is 0 Å². The molecule has 0 radical (unpaired) electrons. The van der Waals surface area contributed by atoms with Gasteiger partial charge in [0.15, 0.2) is 5.79 Å². The molecule has 0 aliphatic heterocycles. The fraction of sp³-hybridized carbons (Fsp3) is 0.750. The first-order valence-electron chi connectivity index (χ1n) is 3.52. The van der Waals surface area contributed by atoms with E-state index in [4.69, 9.17) is 9.47 Å². The lowest BCUT2D eigenvalue weighted by molar-refractivity contribution is -0.240. The molecule has 0 aromatic rings. The van der Waals surface area contributed by atoms with Crippen LogP contribution in [0.5, 0.6) is 0 Å². The molecule has 4 heteroatoms. The summed E-state index contributed by atoms with van der Waals surface area (Å²) >= 11 is 0. The normalized spacial score (nSPS) is 12.7. The lowest BCUT2D eigenvalue weighted by atomic mass is 9.85. The lowest BCUT2D eigenvalue weighted by Gasteiger charge is -2.36. The molecule has 0 spiro atoms. The Hall–Kier alpha value is -0.740. The van der Waals surface area contributed by atoms with E-state index in [1.54, 1.807) is 0 Å². The summed E-state index contributed by atoms with van der Waals surface area (Å²) in [4.78, 5) is 21.3. The first-order chi connectivity index (χ1) is 5.49. The molecule has 12 heavy (non-hydrogen) atoms. The highest BCUT2D eigenvalue weighted by Gasteiger charge is 2.45. The molecule has 0 aliphatic rings. The van der Waals surface area contributed by atoms with Crippen molar-refractivity contribution in [3.63, 3.8) is 0 Å². The van der Waals surface area contributed by atoms with E-state index in [-0.39, 0.29) is 0 Å². The van der Waals surface area contributed by atoms with E-state index in [1.807, 2.05) is 0 Å². The smallest absolute Gasteiger partial charge is 0.183 e. The third-order valence-electron chi connectivity index (χ3n) is 2.25. The molecule has 0 aromatic carbocycles. The fourth-order valence-corrected chi connectivity index (χ4v) is 0.765. The van der Waals surface area contributed by atoms with E-state index in [1.165, 1.54) is 28.1 Å². The van der Waals surface area contributed by atoms with Gasteiger partial charge in [0.25, 0.3) is 0 Å². The minimum atomic E-state index is -1.27. The van der Waals surface area contributed by atoms with E-state index in [0.29, 0.717) is 12.6 Å². The van der Waals surface area contributed by atoms with Crippen molar-refractivity contribution in [1.29, 1.82) is 0 Å². The summed E-state index contributed by atoms with van der Waals surface area (Å²) in [5.74, 6) is -1.20. The number of carbonyl (C=O) groups excluding carboxylic acids is 2. The van der Waals surface area contributed by atoms with Crippen molar-refractivity contribution in [1.82, 2.24) is 0 Å². The first kappa shape index (κ1) is 11.3. The second kappa shape index (κ2) is 3.78. The van der Waals surface area contributed by atoms with Crippen molar-refractivity contribution in [2.75, 3.05) is 14.2 Å². The van der Waals surface area contributed by atoms with Crippen LogP contribution in [0.3, 0.4) is 0 Å². The third kappa shape index (κ3) is 1.54. The van der Waals surface area contributed by atoms with Crippen LogP contribution in [-0.2, 0) is 19.1 Å². The Labute approximate surface area is 71.8 Å². The van der Waals surface area contributed by atoms with Gasteiger partial charge in [-0.2, -0.15) is 0 Å². The lowest BCUT2D eigenvalue weighted by Crippen LogP contribution is -2.49. The largest absolute Gasteiger partial charge is 0.352 e. The molecule has 0 bridgehead atoms. The van der Waals surface area contributed by atoms with Gasteiger partial charge in [-0.3, -0.25) is 0 Å². The molecular formula is C8H14O4. The van der Waals surface area contributed by atoms with Gasteiger partial charge < -0.3 is 19.1 Å². The van der Waals surface area contributed by atoms with E-state index in [0.717, 1.165) is 0 Å². The topological polar surface area (TPSA) is 52.6 Å². The molecule has 0 unspecified atom stereocenters. The van der Waals surface area contributed by atoms with Crippen molar-refractivity contribution >= 4 is 12.6 Å². The highest BCUT2D eigenvalue weighted by molar-refractivity contribution is 5.84. The zero-order valence-electron chi connectivity index (χ0n) is 7.79. The van der Waals surface area contributed by atoms with E-state index >= 15 is 0 Å². The number of aldehydes is 2. The summed E-state index contributed by atoms with van der Waals surface area (Å²) in [6.07, 6.45) is 1.04. The molecule has 0 aliphatic carbocycles. The van der Waals surface area contributed by atoms with Crippen LogP contribution >= 0.6 is 0 Å². The van der Waals surface area contributed by atoms with Crippen LogP contribution in [0.15, 0.2) is 0 Å². The predicted octanol–water partition coefficient (Wildman–Crippen LogP) is 0.399. The molecule has 0 saturated carbocycles. The molecule has 4 nitrogen and oxygen atoms in total. The average Bonchev–Trinajstić information content (AvgIpc) is 2.15. The van der Waals surface area contributed by atoms with E-state index in [2.05, 4.69) is 0 Å². The molecule has 70 valence electrons. The summed E-state index contributed by atoms with van der Waals surface area (Å²) in [5, 5.41) is 0. The average molecular weight is 174 g/mol. The van der Waals surface area contributed by atoms with E-state index < -0.39 is 11.2 Å². The second-order valence-electron chi connectivity index (χ2n) is 2.87. The van der Waals surface area contributed by atoms with Crippen LogP contribution in [0.25, 0.3) is 0 Å². The molecule has 0 rings (SSSR count). The first-order valence-corrected chi connectivity index (χ1v) is 3.52. The quantitative estimate of drug-likeness (QED) is 0.344. The third-order valence-corrected chi connectivity index (χ3v) is 2.25. The van der Waals surface area contributed by atoms with Gasteiger partial charge in [0.05, 0.1) is 0 Å². The number of rotatable bonds is 5. The van der Waals surface area contributed by atoms with Crippen LogP contribution in [0, 0.1) is 5.41 Å². The number of hydrogen-bond donors (Lipinski definition) is 0. The van der Waals surface area contributed by atoms with Gasteiger partial charge >= 0.3 is 0 Å². The van der Waals surface area contributed by atoms with Gasteiger partial charge in [0.1, 0.15) is 18.0 Å². The predicted molar refractivity (Wildman–Crippen MR) is 42.7 cm³/mol. The maximum absolute atomic E-state index is 10.6. The summed E-state index contributed by atoms with van der Waals surface area (Å²) in [7, 11) is 2.77. The van der Waals surface area contributed by atoms with Crippen LogP contribution in [0.1, 0.15) is 13.8 Å². The molecule has 0 N–H and O–H groups in total. The van der Waals surface area contributed by atoms with Gasteiger partial charge in [0.2, 0.25) is 0 Å². The molecule has 0 fully saturated rings. The zero-order valence-corrected chi connectivity index (χ0v) is 7.79. The SMILES string of the molecule is COC(C)(OC)C(C)(C=O)C=O. The highest BCUT2D eigenvalue weighted by Crippen LogP contribution is 2.30. The number of carbonyl (C=O) groups is 2. The molecule has 0 atom stereocenters. The van der Waals surface area contributed by atoms with E-state index in [9.17, 15) is 9.59 Å². The maximum Gasteiger partial charge on any atom is 0.183 e. The standard InChI is InChI=1S/C8H14O4/c1-7(5-9,6-10)8(2,11-3)12-4/h5-6H,1-4H3. The zero-order chi connectivity index (χ0) is 9.83. The maximum atomic E-state index is 10.6. The fourth-order valence-electron chi connectivity index (χ4n) is 0.765. The number of hydrogen-bond acceptors (Lipinski definition) is 4. The van der Waals surface area contributed by atoms with Crippen LogP contribution in [-0.4, -0.2) is 32.6 Å². The minimum Gasteiger partial charge on any atom is -0.352 e. The minimum absolute atomic E-state index is 0.521. The summed E-state index contributed by atoms with van der Waals surface area (Å²) in [6, 6.07) is 0. The van der Waals surface area contributed by atoms with Gasteiger partial charge in [-0.15, -0.1) is 0 Å². The molecule has 0 amide bonds. The van der Waals surface area contributed by atoms with Gasteiger partial charge in [-0.05, 0) is 13.8 Å². The summed E-state index contributed by atoms with van der Waals surface area (Å²) < 4.78 is 9.90.